The van der Waals surface area contributed by atoms with Crippen molar-refractivity contribution in [3.05, 3.63) is 70.5 Å². The van der Waals surface area contributed by atoms with Gasteiger partial charge in [0.1, 0.15) is 24.5 Å². The van der Waals surface area contributed by atoms with Crippen LogP contribution in [0.3, 0.4) is 0 Å². The summed E-state index contributed by atoms with van der Waals surface area (Å²) in [6.07, 6.45) is 1.72. The van der Waals surface area contributed by atoms with Gasteiger partial charge in [0.25, 0.3) is 5.79 Å². The first kappa shape index (κ1) is 27.8. The molecule has 2 aromatic carbocycles. The van der Waals surface area contributed by atoms with Gasteiger partial charge in [-0.3, -0.25) is 4.90 Å². The van der Waals surface area contributed by atoms with Crippen LogP contribution >= 0.6 is 0 Å². The maximum Gasteiger partial charge on any atom is 0.345 e. The van der Waals surface area contributed by atoms with Gasteiger partial charge in [-0.05, 0) is 48.0 Å². The van der Waals surface area contributed by atoms with E-state index in [1.807, 2.05) is 0 Å². The van der Waals surface area contributed by atoms with Crippen molar-refractivity contribution in [2.45, 2.75) is 12.2 Å². The number of benzene rings is 2. The number of nitrogens with zero attached hydrogens (tertiary/aromatic N) is 1. The summed E-state index contributed by atoms with van der Waals surface area (Å²) in [5.74, 6) is -0.672. The van der Waals surface area contributed by atoms with Crippen LogP contribution in [0.1, 0.15) is 11.1 Å². The van der Waals surface area contributed by atoms with Gasteiger partial charge in [0.2, 0.25) is 5.75 Å². The van der Waals surface area contributed by atoms with Gasteiger partial charge in [0.05, 0.1) is 34.5 Å². The van der Waals surface area contributed by atoms with Crippen LogP contribution < -0.4 is 18.9 Å². The van der Waals surface area contributed by atoms with E-state index in [1.165, 1.54) is 21.3 Å². The number of hydrogen-bond acceptors (Lipinski definition) is 11. The van der Waals surface area contributed by atoms with Crippen molar-refractivity contribution in [2.75, 3.05) is 67.4 Å². The summed E-state index contributed by atoms with van der Waals surface area (Å²) in [6, 6.07) is 10.3. The lowest BCUT2D eigenvalue weighted by Gasteiger charge is -2.27. The van der Waals surface area contributed by atoms with E-state index in [2.05, 4.69) is 4.90 Å². The highest BCUT2D eigenvalue weighted by atomic mass is 17.2. The molecule has 40 heavy (non-hydrogen) atoms. The molecule has 5 rings (SSSR count). The second kappa shape index (κ2) is 12.2. The van der Waals surface area contributed by atoms with Crippen molar-refractivity contribution in [1.29, 1.82) is 0 Å². The molecular weight excluding hydrogens is 522 g/mol. The number of morpholine rings is 1. The van der Waals surface area contributed by atoms with Crippen LogP contribution in [0.4, 0.5) is 0 Å². The number of methoxy groups -OCH3 is 3. The minimum atomic E-state index is -2.06. The molecule has 1 unspecified atom stereocenters. The number of cyclic esters (lactones) is 1. The maximum absolute atomic E-state index is 13.1. The van der Waals surface area contributed by atoms with Crippen molar-refractivity contribution in [3.63, 3.8) is 0 Å². The molecular formula is C29H33NO10. The molecule has 11 heteroatoms. The molecule has 3 aliphatic heterocycles. The van der Waals surface area contributed by atoms with Gasteiger partial charge in [0.15, 0.2) is 17.3 Å². The summed E-state index contributed by atoms with van der Waals surface area (Å²) in [5, 5.41) is 11.9. The number of ether oxygens (including phenoxy) is 6. The lowest BCUT2D eigenvalue weighted by molar-refractivity contribution is -0.231. The summed E-state index contributed by atoms with van der Waals surface area (Å²) < 4.78 is 33.3. The number of aliphatic hydroxyl groups is 1. The van der Waals surface area contributed by atoms with Gasteiger partial charge < -0.3 is 38.4 Å². The standard InChI is InChI=1S/C29H33NO10/c1-33-24-17-19(18-25(34-2)27(24)35-3)16-22-26(23-8-12-38-40-23)28(31)39-29(22,32)20-4-6-21(7-5-20)37-15-11-30-9-13-36-14-10-30/h4-8,17-18,32H,9-16H2,1-3H3. The van der Waals surface area contributed by atoms with Crippen LogP contribution in [0.25, 0.3) is 0 Å². The lowest BCUT2D eigenvalue weighted by Crippen LogP contribution is -2.38. The number of carbonyl (C=O) groups is 1. The minimum absolute atomic E-state index is 0.0968. The maximum atomic E-state index is 13.1. The molecule has 0 spiro atoms. The smallest absolute Gasteiger partial charge is 0.345 e. The van der Waals surface area contributed by atoms with E-state index >= 15 is 0 Å². The second-order valence-corrected chi connectivity index (χ2v) is 9.36. The molecule has 1 fully saturated rings. The van der Waals surface area contributed by atoms with Gasteiger partial charge in [-0.1, -0.05) is 0 Å². The molecule has 214 valence electrons. The fourth-order valence-electron chi connectivity index (χ4n) is 4.95. The normalized spacial score (nSPS) is 21.1. The van der Waals surface area contributed by atoms with E-state index in [4.69, 9.17) is 38.2 Å². The van der Waals surface area contributed by atoms with E-state index in [0.717, 1.165) is 32.8 Å². The van der Waals surface area contributed by atoms with Crippen molar-refractivity contribution >= 4 is 5.97 Å². The topological polar surface area (TPSA) is 114 Å². The number of rotatable bonds is 11. The summed E-state index contributed by atoms with van der Waals surface area (Å²) in [6.45, 7) is 4.69. The number of carbonyl (C=O) groups excluding carboxylic acids is 1. The van der Waals surface area contributed by atoms with E-state index in [9.17, 15) is 9.90 Å². The van der Waals surface area contributed by atoms with Gasteiger partial charge in [0, 0.05) is 37.2 Å². The Morgan fingerprint density at radius 2 is 1.70 bits per heavy atom. The Bertz CT molecular complexity index is 1260. The van der Waals surface area contributed by atoms with E-state index in [0.29, 0.717) is 40.7 Å². The third-order valence-corrected chi connectivity index (χ3v) is 7.02. The Morgan fingerprint density at radius 1 is 1.00 bits per heavy atom. The third-order valence-electron chi connectivity index (χ3n) is 7.02. The molecule has 0 aliphatic carbocycles. The summed E-state index contributed by atoms with van der Waals surface area (Å²) in [7, 11) is 4.55. The Labute approximate surface area is 232 Å². The quantitative estimate of drug-likeness (QED) is 0.326. The first-order valence-electron chi connectivity index (χ1n) is 13.0. The van der Waals surface area contributed by atoms with E-state index < -0.39 is 11.8 Å². The largest absolute Gasteiger partial charge is 0.493 e. The highest BCUT2D eigenvalue weighted by Gasteiger charge is 2.50. The van der Waals surface area contributed by atoms with Crippen LogP contribution in [0.15, 0.2) is 59.4 Å². The van der Waals surface area contributed by atoms with Crippen LogP contribution in [-0.4, -0.2) is 83.4 Å². The van der Waals surface area contributed by atoms with Crippen molar-refractivity contribution in [2.24, 2.45) is 0 Å². The second-order valence-electron chi connectivity index (χ2n) is 9.36. The Kier molecular flexibility index (Phi) is 8.46. The third kappa shape index (κ3) is 5.59. The molecule has 3 aliphatic rings. The predicted octanol–water partition coefficient (Wildman–Crippen LogP) is 2.51. The average Bonchev–Trinajstić information content (AvgIpc) is 3.59. The summed E-state index contributed by atoms with van der Waals surface area (Å²) in [5.41, 5.74) is 1.42. The fourth-order valence-corrected chi connectivity index (χ4v) is 4.95. The van der Waals surface area contributed by atoms with Gasteiger partial charge >= 0.3 is 5.97 Å². The van der Waals surface area contributed by atoms with Crippen LogP contribution in [0.2, 0.25) is 0 Å². The zero-order valence-corrected chi connectivity index (χ0v) is 22.8. The molecule has 1 N–H and O–H groups in total. The number of esters is 1. The lowest BCUT2D eigenvalue weighted by atomic mass is 9.89. The number of hydrogen-bond donors (Lipinski definition) is 1. The van der Waals surface area contributed by atoms with Crippen LogP contribution in [0.5, 0.6) is 23.0 Å². The minimum Gasteiger partial charge on any atom is -0.493 e. The van der Waals surface area contributed by atoms with Crippen LogP contribution in [0, 0.1) is 0 Å². The Morgan fingerprint density at radius 3 is 2.30 bits per heavy atom. The van der Waals surface area contributed by atoms with Gasteiger partial charge in [-0.2, -0.15) is 4.89 Å². The molecule has 1 atom stereocenters. The molecule has 0 amide bonds. The molecule has 11 nitrogen and oxygen atoms in total. The molecule has 0 bridgehead atoms. The monoisotopic (exact) mass is 555 g/mol. The first-order chi connectivity index (χ1) is 19.5. The fraction of sp³-hybridized carbons (Fsp3) is 0.414. The zero-order chi connectivity index (χ0) is 28.1. The summed E-state index contributed by atoms with van der Waals surface area (Å²) in [4.78, 5) is 25.6. The molecule has 0 saturated carbocycles. The predicted molar refractivity (Wildman–Crippen MR) is 141 cm³/mol. The average molecular weight is 556 g/mol. The van der Waals surface area contributed by atoms with Crippen LogP contribution in [-0.2, 0) is 36.3 Å². The Balaban J connectivity index is 1.43. The molecule has 0 aromatic heterocycles. The van der Waals surface area contributed by atoms with Crippen molar-refractivity contribution in [3.8, 4) is 23.0 Å². The highest BCUT2D eigenvalue weighted by Crippen LogP contribution is 2.46. The SMILES string of the molecule is COc1cc(CC2=C(C3=CCOO3)C(=O)OC2(O)c2ccc(OCCN3CCOCC3)cc2)cc(OC)c1OC. The zero-order valence-electron chi connectivity index (χ0n) is 22.8. The van der Waals surface area contributed by atoms with E-state index in [-0.39, 0.29) is 29.9 Å². The molecule has 3 heterocycles. The molecule has 0 radical (unpaired) electrons. The van der Waals surface area contributed by atoms with Crippen molar-refractivity contribution in [1.82, 2.24) is 4.90 Å². The van der Waals surface area contributed by atoms with Gasteiger partial charge in [-0.25, -0.2) is 4.79 Å². The Hall–Kier alpha value is -3.77. The van der Waals surface area contributed by atoms with Crippen molar-refractivity contribution < 1.29 is 48.1 Å². The van der Waals surface area contributed by atoms with Gasteiger partial charge in [-0.15, -0.1) is 0 Å². The first-order valence-corrected chi connectivity index (χ1v) is 13.0. The summed E-state index contributed by atoms with van der Waals surface area (Å²) >= 11 is 0. The highest BCUT2D eigenvalue weighted by molar-refractivity contribution is 5.97. The molecule has 1 saturated heterocycles. The van der Waals surface area contributed by atoms with E-state index in [1.54, 1.807) is 42.5 Å². The molecule has 2 aromatic rings.